The SMILES string of the molecule is CCCN(C(=O)C(C)n1cncn1)C1COCC1C(=O)O. The monoisotopic (exact) mass is 296 g/mol. The number of rotatable bonds is 6. The van der Waals surface area contributed by atoms with E-state index in [9.17, 15) is 14.7 Å². The molecule has 8 heteroatoms. The first-order valence-electron chi connectivity index (χ1n) is 7.01. The molecule has 0 spiro atoms. The molecule has 1 aliphatic rings. The van der Waals surface area contributed by atoms with Gasteiger partial charge in [0.1, 0.15) is 24.6 Å². The van der Waals surface area contributed by atoms with Crippen molar-refractivity contribution in [2.45, 2.75) is 32.4 Å². The highest BCUT2D eigenvalue weighted by molar-refractivity contribution is 5.81. The summed E-state index contributed by atoms with van der Waals surface area (Å²) in [6, 6.07) is -0.949. The number of aromatic nitrogens is 3. The van der Waals surface area contributed by atoms with Crippen LogP contribution in [0.25, 0.3) is 0 Å². The summed E-state index contributed by atoms with van der Waals surface area (Å²) < 4.78 is 6.74. The predicted octanol–water partition coefficient (Wildman–Crippen LogP) is 0.177. The first-order chi connectivity index (χ1) is 10.1. The Morgan fingerprint density at radius 3 is 2.86 bits per heavy atom. The average molecular weight is 296 g/mol. The molecule has 0 aromatic carbocycles. The quantitative estimate of drug-likeness (QED) is 0.804. The minimum Gasteiger partial charge on any atom is -0.481 e. The van der Waals surface area contributed by atoms with Gasteiger partial charge in [-0.25, -0.2) is 9.67 Å². The highest BCUT2D eigenvalue weighted by Gasteiger charge is 2.40. The van der Waals surface area contributed by atoms with Crippen molar-refractivity contribution < 1.29 is 19.4 Å². The van der Waals surface area contributed by atoms with Crippen LogP contribution in [0.15, 0.2) is 12.7 Å². The molecule has 0 aliphatic carbocycles. The van der Waals surface area contributed by atoms with Gasteiger partial charge in [0.05, 0.1) is 19.3 Å². The second-order valence-electron chi connectivity index (χ2n) is 5.13. The van der Waals surface area contributed by atoms with Crippen LogP contribution in [-0.2, 0) is 14.3 Å². The van der Waals surface area contributed by atoms with Crippen LogP contribution in [0.3, 0.4) is 0 Å². The van der Waals surface area contributed by atoms with Crippen molar-refractivity contribution >= 4 is 11.9 Å². The van der Waals surface area contributed by atoms with Gasteiger partial charge in [0.15, 0.2) is 0 Å². The molecule has 2 rings (SSSR count). The van der Waals surface area contributed by atoms with Crippen molar-refractivity contribution in [3.05, 3.63) is 12.7 Å². The first-order valence-corrected chi connectivity index (χ1v) is 7.01. The molecular formula is C13H20N4O4. The Balaban J connectivity index is 2.18. The molecule has 1 aliphatic heterocycles. The van der Waals surface area contributed by atoms with Gasteiger partial charge in [-0.3, -0.25) is 9.59 Å². The van der Waals surface area contributed by atoms with E-state index in [2.05, 4.69) is 10.1 Å². The third kappa shape index (κ3) is 3.21. The molecular weight excluding hydrogens is 276 g/mol. The smallest absolute Gasteiger partial charge is 0.311 e. The Morgan fingerprint density at radius 2 is 2.29 bits per heavy atom. The number of carbonyl (C=O) groups is 2. The predicted molar refractivity (Wildman–Crippen MR) is 72.5 cm³/mol. The molecule has 1 fully saturated rings. The average Bonchev–Trinajstić information content (AvgIpc) is 3.13. The van der Waals surface area contributed by atoms with Crippen LogP contribution >= 0.6 is 0 Å². The van der Waals surface area contributed by atoms with Crippen LogP contribution in [0.4, 0.5) is 0 Å². The standard InChI is InChI=1S/C13H20N4O4/c1-3-4-16(11-6-21-5-10(11)13(19)20)12(18)9(2)17-8-14-7-15-17/h7-11H,3-6H2,1-2H3,(H,19,20). The summed E-state index contributed by atoms with van der Waals surface area (Å²) in [6.07, 6.45) is 3.60. The minimum absolute atomic E-state index is 0.144. The maximum absolute atomic E-state index is 12.7. The number of hydrogen-bond acceptors (Lipinski definition) is 5. The summed E-state index contributed by atoms with van der Waals surface area (Å²) in [4.78, 5) is 29.4. The number of carbonyl (C=O) groups excluding carboxylic acids is 1. The van der Waals surface area contributed by atoms with Gasteiger partial charge in [0.2, 0.25) is 5.91 Å². The molecule has 1 aromatic rings. The van der Waals surface area contributed by atoms with E-state index in [1.165, 1.54) is 17.3 Å². The maximum Gasteiger partial charge on any atom is 0.311 e. The molecule has 3 atom stereocenters. The van der Waals surface area contributed by atoms with Crippen LogP contribution in [0.2, 0.25) is 0 Å². The Bertz CT molecular complexity index is 490. The fourth-order valence-corrected chi connectivity index (χ4v) is 2.54. The summed E-state index contributed by atoms with van der Waals surface area (Å²) in [7, 11) is 0. The van der Waals surface area contributed by atoms with Crippen LogP contribution in [0.1, 0.15) is 26.3 Å². The summed E-state index contributed by atoms with van der Waals surface area (Å²) >= 11 is 0. The molecule has 1 saturated heterocycles. The lowest BCUT2D eigenvalue weighted by Gasteiger charge is -2.32. The molecule has 1 amide bonds. The van der Waals surface area contributed by atoms with Crippen molar-refractivity contribution in [1.29, 1.82) is 0 Å². The van der Waals surface area contributed by atoms with E-state index in [0.29, 0.717) is 6.54 Å². The number of carboxylic acids is 1. The Morgan fingerprint density at radius 1 is 1.52 bits per heavy atom. The van der Waals surface area contributed by atoms with E-state index < -0.39 is 24.0 Å². The van der Waals surface area contributed by atoms with E-state index in [4.69, 9.17) is 4.74 Å². The molecule has 0 radical (unpaired) electrons. The van der Waals surface area contributed by atoms with Crippen LogP contribution in [0, 0.1) is 5.92 Å². The molecule has 1 aromatic heterocycles. The van der Waals surface area contributed by atoms with Gasteiger partial charge in [0, 0.05) is 6.54 Å². The second-order valence-corrected chi connectivity index (χ2v) is 5.13. The van der Waals surface area contributed by atoms with E-state index in [-0.39, 0.29) is 19.1 Å². The second kappa shape index (κ2) is 6.66. The minimum atomic E-state index is -0.931. The maximum atomic E-state index is 12.7. The zero-order valence-corrected chi connectivity index (χ0v) is 12.2. The van der Waals surface area contributed by atoms with E-state index in [1.54, 1.807) is 11.8 Å². The van der Waals surface area contributed by atoms with E-state index in [1.807, 2.05) is 6.92 Å². The highest BCUT2D eigenvalue weighted by atomic mass is 16.5. The summed E-state index contributed by atoms with van der Waals surface area (Å²) in [6.45, 7) is 4.57. The zero-order chi connectivity index (χ0) is 15.4. The van der Waals surface area contributed by atoms with Crippen molar-refractivity contribution in [3.8, 4) is 0 Å². The fraction of sp³-hybridized carbons (Fsp3) is 0.692. The number of hydrogen-bond donors (Lipinski definition) is 1. The van der Waals surface area contributed by atoms with Crippen molar-refractivity contribution in [3.63, 3.8) is 0 Å². The Kier molecular flexibility index (Phi) is 4.89. The van der Waals surface area contributed by atoms with Gasteiger partial charge in [-0.2, -0.15) is 5.10 Å². The number of aliphatic carboxylic acids is 1. The molecule has 116 valence electrons. The molecule has 0 bridgehead atoms. The lowest BCUT2D eigenvalue weighted by molar-refractivity contribution is -0.146. The fourth-order valence-electron chi connectivity index (χ4n) is 2.54. The number of amides is 1. The van der Waals surface area contributed by atoms with Crippen molar-refractivity contribution in [1.82, 2.24) is 19.7 Å². The number of ether oxygens (including phenoxy) is 1. The molecule has 21 heavy (non-hydrogen) atoms. The first kappa shape index (κ1) is 15.4. The van der Waals surface area contributed by atoms with Gasteiger partial charge in [-0.15, -0.1) is 0 Å². The van der Waals surface area contributed by atoms with Crippen LogP contribution in [0.5, 0.6) is 0 Å². The topological polar surface area (TPSA) is 97.5 Å². The van der Waals surface area contributed by atoms with Gasteiger partial charge in [-0.1, -0.05) is 6.92 Å². The van der Waals surface area contributed by atoms with E-state index in [0.717, 1.165) is 6.42 Å². The molecule has 2 heterocycles. The van der Waals surface area contributed by atoms with Crippen molar-refractivity contribution in [2.75, 3.05) is 19.8 Å². The van der Waals surface area contributed by atoms with Crippen molar-refractivity contribution in [2.24, 2.45) is 5.92 Å². The normalized spacial score (nSPS) is 23.0. The largest absolute Gasteiger partial charge is 0.481 e. The highest BCUT2D eigenvalue weighted by Crippen LogP contribution is 2.23. The Hall–Kier alpha value is -1.96. The van der Waals surface area contributed by atoms with Gasteiger partial charge in [0.25, 0.3) is 0 Å². The molecule has 0 saturated carbocycles. The third-order valence-electron chi connectivity index (χ3n) is 3.71. The molecule has 3 unspecified atom stereocenters. The number of carboxylic acid groups (broad SMARTS) is 1. The Labute approximate surface area is 122 Å². The summed E-state index contributed by atoms with van der Waals surface area (Å²) in [5.74, 6) is -1.77. The molecule has 8 nitrogen and oxygen atoms in total. The third-order valence-corrected chi connectivity index (χ3v) is 3.71. The number of nitrogens with zero attached hydrogens (tertiary/aromatic N) is 4. The molecule has 1 N–H and O–H groups in total. The van der Waals surface area contributed by atoms with Crippen LogP contribution in [-0.4, -0.2) is 62.4 Å². The van der Waals surface area contributed by atoms with Gasteiger partial charge >= 0.3 is 5.97 Å². The van der Waals surface area contributed by atoms with Gasteiger partial charge in [-0.05, 0) is 13.3 Å². The van der Waals surface area contributed by atoms with Crippen LogP contribution < -0.4 is 0 Å². The summed E-state index contributed by atoms with van der Waals surface area (Å²) in [5.41, 5.74) is 0. The summed E-state index contributed by atoms with van der Waals surface area (Å²) in [5, 5.41) is 13.2. The lowest BCUT2D eigenvalue weighted by Crippen LogP contribution is -2.49. The van der Waals surface area contributed by atoms with Gasteiger partial charge < -0.3 is 14.7 Å². The lowest BCUT2D eigenvalue weighted by atomic mass is 10.0. The van der Waals surface area contributed by atoms with E-state index >= 15 is 0 Å². The zero-order valence-electron chi connectivity index (χ0n) is 12.2.